The highest BCUT2D eigenvalue weighted by atomic mass is 35.5. The maximum Gasteiger partial charge on any atom is 0.255 e. The van der Waals surface area contributed by atoms with Crippen LogP contribution >= 0.6 is 23.2 Å². The molecule has 3 aromatic carbocycles. The van der Waals surface area contributed by atoms with Crippen LogP contribution in [0.15, 0.2) is 60.8 Å². The van der Waals surface area contributed by atoms with Crippen LogP contribution in [0.4, 0.5) is 10.1 Å². The molecule has 2 aliphatic rings. The van der Waals surface area contributed by atoms with Gasteiger partial charge < -0.3 is 24.8 Å². The lowest BCUT2D eigenvalue weighted by atomic mass is 9.97. The van der Waals surface area contributed by atoms with Crippen molar-refractivity contribution in [1.82, 2.24) is 10.3 Å². The number of carbonyl (C=O) groups excluding carboxylic acids is 1. The minimum absolute atomic E-state index is 0.238. The number of ether oxygens (including phenoxy) is 3. The molecular weight excluding hydrogens is 580 g/mol. The number of nitrogens with one attached hydrogen (secondary N) is 2. The van der Waals surface area contributed by atoms with Crippen LogP contribution in [0.1, 0.15) is 35.3 Å². The molecule has 0 unspecified atom stereocenters. The standard InChI is InChI=1S/C32H30Cl2FN3O4/c1-18-14-40-16-22(17-41-15-18)37-30-24-6-7-26(35)29(19-10-20(33)12-21(34)11-19)31(24)36-13-25(30)32(39)38-27-8-9-42-28-5-3-2-4-23(27)28/h2-7,10-13,18,22,27H,8-9,14-17H2,1H3,(H,36,37)(H,38,39)/t18?,22?,27-/m0/s1. The van der Waals surface area contributed by atoms with Crippen molar-refractivity contribution in [3.8, 4) is 16.9 Å². The Hall–Kier alpha value is -3.43. The smallest absolute Gasteiger partial charge is 0.255 e. The third kappa shape index (κ3) is 6.03. The van der Waals surface area contributed by atoms with E-state index < -0.39 is 5.82 Å². The van der Waals surface area contributed by atoms with Crippen LogP contribution in [-0.4, -0.2) is 50.0 Å². The monoisotopic (exact) mass is 609 g/mol. The molecule has 2 N–H and O–H groups in total. The van der Waals surface area contributed by atoms with Crippen molar-refractivity contribution in [2.24, 2.45) is 5.92 Å². The van der Waals surface area contributed by atoms with E-state index in [-0.39, 0.29) is 29.5 Å². The number of anilines is 1. The summed E-state index contributed by atoms with van der Waals surface area (Å²) in [4.78, 5) is 18.5. The minimum Gasteiger partial charge on any atom is -0.493 e. The minimum atomic E-state index is -0.484. The molecule has 1 amide bonds. The molecule has 0 radical (unpaired) electrons. The Morgan fingerprint density at radius 3 is 2.50 bits per heavy atom. The maximum atomic E-state index is 15.4. The van der Waals surface area contributed by atoms with Crippen molar-refractivity contribution in [1.29, 1.82) is 0 Å². The summed E-state index contributed by atoms with van der Waals surface area (Å²) in [7, 11) is 0. The fourth-order valence-electron chi connectivity index (χ4n) is 5.48. The number of hydrogen-bond acceptors (Lipinski definition) is 6. The van der Waals surface area contributed by atoms with Gasteiger partial charge in [0.2, 0.25) is 0 Å². The van der Waals surface area contributed by atoms with Crippen LogP contribution in [0.2, 0.25) is 10.0 Å². The Morgan fingerprint density at radius 2 is 1.74 bits per heavy atom. The third-order valence-corrected chi connectivity index (χ3v) is 7.88. The summed E-state index contributed by atoms with van der Waals surface area (Å²) in [5, 5.41) is 7.96. The molecule has 0 bridgehead atoms. The van der Waals surface area contributed by atoms with Crippen molar-refractivity contribution in [2.75, 3.05) is 38.4 Å². The zero-order chi connectivity index (χ0) is 29.2. The van der Waals surface area contributed by atoms with Gasteiger partial charge in [-0.1, -0.05) is 48.3 Å². The lowest BCUT2D eigenvalue weighted by Gasteiger charge is -2.28. The summed E-state index contributed by atoms with van der Waals surface area (Å²) in [5.74, 6) is 0.238. The number of nitrogens with zero attached hydrogens (tertiary/aromatic N) is 1. The van der Waals surface area contributed by atoms with Crippen LogP contribution < -0.4 is 15.4 Å². The van der Waals surface area contributed by atoms with Gasteiger partial charge in [-0.15, -0.1) is 0 Å². The molecule has 1 fully saturated rings. The second kappa shape index (κ2) is 12.4. The highest BCUT2D eigenvalue weighted by Crippen LogP contribution is 2.38. The van der Waals surface area contributed by atoms with Crippen molar-refractivity contribution < 1.29 is 23.4 Å². The molecule has 3 heterocycles. The Morgan fingerprint density at radius 1 is 1.00 bits per heavy atom. The lowest BCUT2D eigenvalue weighted by Crippen LogP contribution is -2.36. The quantitative estimate of drug-likeness (QED) is 0.252. The van der Waals surface area contributed by atoms with Crippen molar-refractivity contribution in [3.63, 3.8) is 0 Å². The predicted octanol–water partition coefficient (Wildman–Crippen LogP) is 7.06. The molecule has 42 heavy (non-hydrogen) atoms. The van der Waals surface area contributed by atoms with Gasteiger partial charge in [0, 0.05) is 45.1 Å². The summed E-state index contributed by atoms with van der Waals surface area (Å²) in [6, 6.07) is 15.0. The van der Waals surface area contributed by atoms with E-state index in [4.69, 9.17) is 37.4 Å². The van der Waals surface area contributed by atoms with E-state index in [0.29, 0.717) is 77.2 Å². The van der Waals surface area contributed by atoms with E-state index in [1.807, 2.05) is 24.3 Å². The van der Waals surface area contributed by atoms with Gasteiger partial charge in [-0.2, -0.15) is 0 Å². The average Bonchev–Trinajstić information content (AvgIpc) is 2.95. The first-order chi connectivity index (χ1) is 20.4. The number of benzene rings is 3. The number of para-hydroxylation sites is 1. The van der Waals surface area contributed by atoms with Gasteiger partial charge in [-0.05, 0) is 42.0 Å². The summed E-state index contributed by atoms with van der Waals surface area (Å²) in [6.45, 7) is 4.44. The number of hydrogen-bond donors (Lipinski definition) is 2. The van der Waals surface area contributed by atoms with Gasteiger partial charge in [0.05, 0.1) is 61.9 Å². The lowest BCUT2D eigenvalue weighted by molar-refractivity contribution is -0.00150. The molecule has 0 aliphatic carbocycles. The van der Waals surface area contributed by atoms with Gasteiger partial charge in [-0.3, -0.25) is 9.78 Å². The Labute approximate surface area is 253 Å². The van der Waals surface area contributed by atoms with E-state index in [1.165, 1.54) is 12.3 Å². The summed E-state index contributed by atoms with van der Waals surface area (Å²) >= 11 is 12.5. The van der Waals surface area contributed by atoms with E-state index in [1.54, 1.807) is 24.3 Å². The van der Waals surface area contributed by atoms with E-state index in [9.17, 15) is 4.79 Å². The fourth-order valence-corrected chi connectivity index (χ4v) is 6.00. The highest BCUT2D eigenvalue weighted by Gasteiger charge is 2.27. The molecular formula is C32H30Cl2FN3O4. The number of fused-ring (bicyclic) bond motifs is 2. The first-order valence-electron chi connectivity index (χ1n) is 13.9. The van der Waals surface area contributed by atoms with Crippen molar-refractivity contribution in [2.45, 2.75) is 25.4 Å². The fraction of sp³-hybridized carbons (Fsp3) is 0.312. The van der Waals surface area contributed by atoms with E-state index in [0.717, 1.165) is 11.3 Å². The number of halogens is 3. The normalized spacial score (nSPS) is 20.6. The summed E-state index contributed by atoms with van der Waals surface area (Å²) in [6.07, 6.45) is 2.10. The first-order valence-corrected chi connectivity index (χ1v) is 14.6. The topological polar surface area (TPSA) is 81.7 Å². The molecule has 2 aliphatic heterocycles. The van der Waals surface area contributed by atoms with Crippen LogP contribution in [0, 0.1) is 11.7 Å². The second-order valence-corrected chi connectivity index (χ2v) is 11.6. The van der Waals surface area contributed by atoms with Crippen LogP contribution in [0.5, 0.6) is 5.75 Å². The molecule has 6 rings (SSSR count). The van der Waals surface area contributed by atoms with Gasteiger partial charge >= 0.3 is 0 Å². The van der Waals surface area contributed by atoms with Gasteiger partial charge in [0.25, 0.3) is 5.91 Å². The Kier molecular flexibility index (Phi) is 8.49. The zero-order valence-corrected chi connectivity index (χ0v) is 24.5. The molecule has 0 spiro atoms. The summed E-state index contributed by atoms with van der Waals surface area (Å²) in [5.41, 5.74) is 2.84. The number of rotatable bonds is 5. The number of carbonyl (C=O) groups is 1. The summed E-state index contributed by atoms with van der Waals surface area (Å²) < 4.78 is 33.0. The maximum absolute atomic E-state index is 15.4. The van der Waals surface area contributed by atoms with Gasteiger partial charge in [0.1, 0.15) is 11.6 Å². The molecule has 10 heteroatoms. The molecule has 1 saturated heterocycles. The van der Waals surface area contributed by atoms with E-state index >= 15 is 4.39 Å². The van der Waals surface area contributed by atoms with E-state index in [2.05, 4.69) is 22.5 Å². The molecule has 1 atom stereocenters. The first kappa shape index (κ1) is 28.7. The van der Waals surface area contributed by atoms with Crippen LogP contribution in [-0.2, 0) is 9.47 Å². The SMILES string of the molecule is CC1COCC(Nc2c(C(=O)N[C@H]3CCOc4ccccc43)cnc3c(-c4cc(Cl)cc(Cl)c4)c(F)ccc23)COC1. The second-order valence-electron chi connectivity index (χ2n) is 10.7. The van der Waals surface area contributed by atoms with Crippen LogP contribution in [0.25, 0.3) is 22.0 Å². The largest absolute Gasteiger partial charge is 0.493 e. The van der Waals surface area contributed by atoms with Gasteiger partial charge in [-0.25, -0.2) is 4.39 Å². The number of aromatic nitrogens is 1. The molecule has 1 aromatic heterocycles. The van der Waals surface area contributed by atoms with Crippen molar-refractivity contribution >= 4 is 45.7 Å². The highest BCUT2D eigenvalue weighted by molar-refractivity contribution is 6.35. The third-order valence-electron chi connectivity index (χ3n) is 7.44. The molecule has 4 aromatic rings. The average molecular weight is 611 g/mol. The Bertz CT molecular complexity index is 1610. The predicted molar refractivity (Wildman–Crippen MR) is 162 cm³/mol. The number of pyridine rings is 1. The zero-order valence-electron chi connectivity index (χ0n) is 23.0. The molecule has 218 valence electrons. The van der Waals surface area contributed by atoms with Gasteiger partial charge in [0.15, 0.2) is 0 Å². The number of amides is 1. The Balaban J connectivity index is 1.43. The van der Waals surface area contributed by atoms with Crippen LogP contribution in [0.3, 0.4) is 0 Å². The molecule has 7 nitrogen and oxygen atoms in total. The van der Waals surface area contributed by atoms with Crippen molar-refractivity contribution in [3.05, 3.63) is 87.8 Å². The molecule has 0 saturated carbocycles.